The molecule has 4 heterocycles. The van der Waals surface area contributed by atoms with Crippen LogP contribution in [0.1, 0.15) is 33.1 Å². The number of rotatable bonds is 7. The molecule has 0 spiro atoms. The first-order chi connectivity index (χ1) is 21.3. The third-order valence-corrected chi connectivity index (χ3v) is 7.83. The van der Waals surface area contributed by atoms with E-state index in [1.807, 2.05) is 0 Å². The summed E-state index contributed by atoms with van der Waals surface area (Å²) in [6.07, 6.45) is -5.17. The number of nitrogens with one attached hydrogen (secondary N) is 3. The van der Waals surface area contributed by atoms with Crippen molar-refractivity contribution in [2.75, 3.05) is 44.6 Å². The van der Waals surface area contributed by atoms with Gasteiger partial charge in [-0.25, -0.2) is 18.6 Å². The molecule has 2 fully saturated rings. The van der Waals surface area contributed by atoms with E-state index in [0.29, 0.717) is 30.9 Å². The van der Waals surface area contributed by atoms with Crippen LogP contribution in [0.4, 0.5) is 32.4 Å². The molecule has 2 aliphatic rings. The zero-order chi connectivity index (χ0) is 32.5. The molecule has 1 aromatic carbocycles. The Balaban J connectivity index is 1.23. The molecule has 0 aliphatic carbocycles. The summed E-state index contributed by atoms with van der Waals surface area (Å²) in [4.78, 5) is 45.8. The predicted octanol–water partition coefficient (Wildman–Crippen LogP) is 3.30. The van der Waals surface area contributed by atoms with Crippen molar-refractivity contribution in [2.24, 2.45) is 7.05 Å². The maximum atomic E-state index is 13.6. The molecule has 242 valence electrons. The fraction of sp³-hybridized carbons (Fsp3) is 0.444. The molecule has 4 amide bonds. The lowest BCUT2D eigenvalue weighted by Crippen LogP contribution is -2.54. The highest BCUT2D eigenvalue weighted by Crippen LogP contribution is 2.36. The number of piperazine rings is 1. The van der Waals surface area contributed by atoms with Crippen LogP contribution in [0.3, 0.4) is 0 Å². The molecule has 5 rings (SSSR count). The molecular formula is C27H29ClF5N9O3. The van der Waals surface area contributed by atoms with Crippen LogP contribution in [-0.4, -0.2) is 98.7 Å². The number of imidazole rings is 1. The predicted molar refractivity (Wildman–Crippen MR) is 152 cm³/mol. The number of anilines is 1. The lowest BCUT2D eigenvalue weighted by atomic mass is 10.1. The molecule has 1 atom stereocenters. The van der Waals surface area contributed by atoms with Crippen molar-refractivity contribution >= 4 is 35.1 Å². The number of carbonyl (C=O) groups is 3. The van der Waals surface area contributed by atoms with E-state index < -0.39 is 36.3 Å². The SMILES string of the molecule is Cn1c(-c2cn(CC(F)F)nc2C(F)(F)F)cnc1C(=O)Nc1ccc(C(=O)N2CCN(C(=O)N[C@H]3CCNC3)CC2)c(Cl)c1. The minimum Gasteiger partial charge on any atom is -0.335 e. The second-order valence-corrected chi connectivity index (χ2v) is 11.0. The van der Waals surface area contributed by atoms with E-state index in [2.05, 4.69) is 26.0 Å². The summed E-state index contributed by atoms with van der Waals surface area (Å²) in [5, 5.41) is 12.0. The fourth-order valence-corrected chi connectivity index (χ4v) is 5.47. The van der Waals surface area contributed by atoms with Gasteiger partial charge in [-0.1, -0.05) is 11.6 Å². The van der Waals surface area contributed by atoms with Crippen molar-refractivity contribution in [3.8, 4) is 11.3 Å². The van der Waals surface area contributed by atoms with E-state index in [1.54, 1.807) is 9.80 Å². The number of aromatic nitrogens is 4. The van der Waals surface area contributed by atoms with Gasteiger partial charge in [0.1, 0.15) is 6.54 Å². The normalized spacial score (nSPS) is 17.2. The minimum atomic E-state index is -4.94. The third-order valence-electron chi connectivity index (χ3n) is 7.52. The number of benzene rings is 1. The number of carbonyl (C=O) groups excluding carboxylic acids is 3. The molecule has 2 aliphatic heterocycles. The molecule has 2 aromatic heterocycles. The van der Waals surface area contributed by atoms with Crippen LogP contribution >= 0.6 is 11.6 Å². The Kier molecular flexibility index (Phi) is 9.29. The van der Waals surface area contributed by atoms with Crippen molar-refractivity contribution in [2.45, 2.75) is 31.6 Å². The molecule has 0 unspecified atom stereocenters. The fourth-order valence-electron chi connectivity index (χ4n) is 5.20. The Bertz CT molecular complexity index is 1580. The van der Waals surface area contributed by atoms with Crippen LogP contribution in [0.25, 0.3) is 11.3 Å². The van der Waals surface area contributed by atoms with Gasteiger partial charge in [0.15, 0.2) is 11.5 Å². The first-order valence-electron chi connectivity index (χ1n) is 13.9. The summed E-state index contributed by atoms with van der Waals surface area (Å²) in [6, 6.07) is 4.14. The average Bonchev–Trinajstić information content (AvgIpc) is 3.72. The van der Waals surface area contributed by atoms with Gasteiger partial charge in [-0.15, -0.1) is 0 Å². The lowest BCUT2D eigenvalue weighted by molar-refractivity contribution is -0.141. The topological polar surface area (TPSA) is 129 Å². The standard InChI is InChI=1S/C27H29ClF5N9O3/c1-39-20(18-13-42(14-21(29)30)38-22(18)27(31,32)33)12-35-23(39)24(43)36-15-2-3-17(19(28)10-15)25(44)40-6-8-41(9-7-40)26(45)37-16-4-5-34-11-16/h2-3,10,12-13,16,21,34H,4-9,11,14H2,1H3,(H,36,43)(H,37,45)/t16-/m0/s1. The minimum absolute atomic E-state index is 0.0495. The van der Waals surface area contributed by atoms with E-state index in [-0.39, 0.29) is 45.8 Å². The van der Waals surface area contributed by atoms with Crippen molar-refractivity contribution in [3.63, 3.8) is 0 Å². The van der Waals surface area contributed by atoms with Crippen LogP contribution in [0, 0.1) is 0 Å². The number of nitrogens with zero attached hydrogens (tertiary/aromatic N) is 6. The molecule has 0 bridgehead atoms. The Labute approximate surface area is 258 Å². The lowest BCUT2D eigenvalue weighted by Gasteiger charge is -2.35. The molecule has 0 saturated carbocycles. The van der Waals surface area contributed by atoms with Gasteiger partial charge < -0.3 is 30.3 Å². The van der Waals surface area contributed by atoms with Gasteiger partial charge in [0.2, 0.25) is 0 Å². The van der Waals surface area contributed by atoms with Crippen molar-refractivity contribution in [3.05, 3.63) is 52.7 Å². The van der Waals surface area contributed by atoms with Crippen molar-refractivity contribution in [1.29, 1.82) is 0 Å². The summed E-state index contributed by atoms with van der Waals surface area (Å²) >= 11 is 6.39. The summed E-state index contributed by atoms with van der Waals surface area (Å²) in [5.74, 6) is -1.42. The number of halogens is 6. The average molecular weight is 658 g/mol. The van der Waals surface area contributed by atoms with Gasteiger partial charge in [-0.05, 0) is 31.2 Å². The van der Waals surface area contributed by atoms with Gasteiger partial charge >= 0.3 is 12.2 Å². The highest BCUT2D eigenvalue weighted by atomic mass is 35.5. The van der Waals surface area contributed by atoms with E-state index >= 15 is 0 Å². The summed E-state index contributed by atoms with van der Waals surface area (Å²) < 4.78 is 67.9. The summed E-state index contributed by atoms with van der Waals surface area (Å²) in [7, 11) is 1.30. The second kappa shape index (κ2) is 13.0. The molecule has 2 saturated heterocycles. The smallest absolute Gasteiger partial charge is 0.335 e. The van der Waals surface area contributed by atoms with Gasteiger partial charge in [-0.3, -0.25) is 14.3 Å². The molecular weight excluding hydrogens is 629 g/mol. The first kappa shape index (κ1) is 32.2. The maximum Gasteiger partial charge on any atom is 0.435 e. The number of urea groups is 1. The van der Waals surface area contributed by atoms with Crippen molar-refractivity contribution in [1.82, 2.24) is 39.8 Å². The van der Waals surface area contributed by atoms with Crippen molar-refractivity contribution < 1.29 is 36.3 Å². The van der Waals surface area contributed by atoms with Gasteiger partial charge in [0.05, 0.1) is 28.0 Å². The highest BCUT2D eigenvalue weighted by Gasteiger charge is 2.39. The van der Waals surface area contributed by atoms with E-state index in [0.717, 1.165) is 36.5 Å². The van der Waals surface area contributed by atoms with Crippen LogP contribution in [0.5, 0.6) is 0 Å². The van der Waals surface area contributed by atoms with Crippen LogP contribution in [0.2, 0.25) is 5.02 Å². The molecule has 18 heteroatoms. The molecule has 3 N–H and O–H groups in total. The van der Waals surface area contributed by atoms with Crippen LogP contribution in [-0.2, 0) is 19.8 Å². The second-order valence-electron chi connectivity index (χ2n) is 10.6. The highest BCUT2D eigenvalue weighted by molar-refractivity contribution is 6.34. The Morgan fingerprint density at radius 1 is 1.13 bits per heavy atom. The quantitative estimate of drug-likeness (QED) is 0.335. The monoisotopic (exact) mass is 657 g/mol. The molecule has 0 radical (unpaired) electrons. The number of hydrogen-bond donors (Lipinski definition) is 3. The third kappa shape index (κ3) is 7.19. The Morgan fingerprint density at radius 2 is 1.84 bits per heavy atom. The zero-order valence-electron chi connectivity index (χ0n) is 23.9. The molecule has 3 aromatic rings. The largest absolute Gasteiger partial charge is 0.435 e. The van der Waals surface area contributed by atoms with Gasteiger partial charge in [0.25, 0.3) is 18.2 Å². The van der Waals surface area contributed by atoms with E-state index in [4.69, 9.17) is 11.6 Å². The Hall–Kier alpha value is -4.25. The van der Waals surface area contributed by atoms with Crippen LogP contribution < -0.4 is 16.0 Å². The summed E-state index contributed by atoms with van der Waals surface area (Å²) in [6.45, 7) is 1.86. The van der Waals surface area contributed by atoms with Gasteiger partial charge in [0, 0.05) is 57.7 Å². The van der Waals surface area contributed by atoms with Crippen LogP contribution in [0.15, 0.2) is 30.6 Å². The number of amides is 4. The maximum absolute atomic E-state index is 13.6. The summed E-state index contributed by atoms with van der Waals surface area (Å²) in [5.41, 5.74) is -1.70. The van der Waals surface area contributed by atoms with E-state index in [9.17, 15) is 36.3 Å². The van der Waals surface area contributed by atoms with Gasteiger partial charge in [-0.2, -0.15) is 18.3 Å². The number of alkyl halides is 5. The van der Waals surface area contributed by atoms with E-state index in [1.165, 1.54) is 25.2 Å². The molecule has 12 nitrogen and oxygen atoms in total. The Morgan fingerprint density at radius 3 is 2.47 bits per heavy atom. The molecule has 45 heavy (non-hydrogen) atoms. The zero-order valence-corrected chi connectivity index (χ0v) is 24.6. The first-order valence-corrected chi connectivity index (χ1v) is 14.3. The number of hydrogen-bond acceptors (Lipinski definition) is 6.